The standard InChI is InChI=1S/C14H18F2N2O2/c1-14(2)6-10(13(17)19)18(7-14)9-5-4-8(15)11(16)12(9)20-3/h4-5,10H,6-7H2,1-3H3,(H2,17,19). The van der Waals surface area contributed by atoms with E-state index in [2.05, 4.69) is 0 Å². The fourth-order valence-electron chi connectivity index (χ4n) is 2.72. The molecule has 0 aliphatic carbocycles. The van der Waals surface area contributed by atoms with E-state index in [0.717, 1.165) is 6.07 Å². The van der Waals surface area contributed by atoms with Crippen molar-refractivity contribution in [3.8, 4) is 5.75 Å². The molecule has 1 unspecified atom stereocenters. The number of nitrogens with two attached hydrogens (primary N) is 1. The Morgan fingerprint density at radius 2 is 2.10 bits per heavy atom. The molecule has 6 heteroatoms. The summed E-state index contributed by atoms with van der Waals surface area (Å²) < 4.78 is 32.0. The van der Waals surface area contributed by atoms with Gasteiger partial charge in [0.1, 0.15) is 6.04 Å². The molecule has 1 saturated heterocycles. The topological polar surface area (TPSA) is 55.6 Å². The molecule has 20 heavy (non-hydrogen) atoms. The number of ether oxygens (including phenoxy) is 1. The molecule has 1 aliphatic heterocycles. The van der Waals surface area contributed by atoms with Crippen LogP contribution < -0.4 is 15.4 Å². The van der Waals surface area contributed by atoms with Gasteiger partial charge in [-0.2, -0.15) is 4.39 Å². The van der Waals surface area contributed by atoms with Crippen LogP contribution >= 0.6 is 0 Å². The number of amides is 1. The lowest BCUT2D eigenvalue weighted by Gasteiger charge is -2.27. The molecule has 1 aromatic rings. The highest BCUT2D eigenvalue weighted by molar-refractivity contribution is 5.85. The molecule has 0 spiro atoms. The lowest BCUT2D eigenvalue weighted by molar-refractivity contribution is -0.119. The number of hydrogen-bond donors (Lipinski definition) is 1. The number of methoxy groups -OCH3 is 1. The number of anilines is 1. The summed E-state index contributed by atoms with van der Waals surface area (Å²) in [5.74, 6) is -2.73. The van der Waals surface area contributed by atoms with Crippen molar-refractivity contribution in [3.63, 3.8) is 0 Å². The predicted octanol–water partition coefficient (Wildman–Crippen LogP) is 2.06. The lowest BCUT2D eigenvalue weighted by atomic mass is 9.90. The first-order valence-corrected chi connectivity index (χ1v) is 6.35. The van der Waals surface area contributed by atoms with Gasteiger partial charge in [-0.1, -0.05) is 13.8 Å². The number of carbonyl (C=O) groups is 1. The summed E-state index contributed by atoms with van der Waals surface area (Å²) in [5, 5.41) is 0. The second-order valence-corrected chi connectivity index (χ2v) is 5.83. The molecule has 4 nitrogen and oxygen atoms in total. The second kappa shape index (κ2) is 4.92. The molecule has 1 aliphatic rings. The van der Waals surface area contributed by atoms with Crippen molar-refractivity contribution in [2.75, 3.05) is 18.6 Å². The van der Waals surface area contributed by atoms with Gasteiger partial charge in [-0.05, 0) is 24.0 Å². The van der Waals surface area contributed by atoms with E-state index in [1.54, 1.807) is 4.90 Å². The lowest BCUT2D eigenvalue weighted by Crippen LogP contribution is -2.40. The maximum Gasteiger partial charge on any atom is 0.240 e. The minimum Gasteiger partial charge on any atom is -0.491 e. The molecule has 1 heterocycles. The normalized spacial score (nSPS) is 21.1. The fourth-order valence-corrected chi connectivity index (χ4v) is 2.72. The highest BCUT2D eigenvalue weighted by atomic mass is 19.2. The molecule has 110 valence electrons. The Bertz CT molecular complexity index is 546. The van der Waals surface area contributed by atoms with Crippen LogP contribution in [-0.4, -0.2) is 25.6 Å². The first-order chi connectivity index (χ1) is 9.26. The molecule has 2 N–H and O–H groups in total. The van der Waals surface area contributed by atoms with Crippen molar-refractivity contribution in [3.05, 3.63) is 23.8 Å². The zero-order valence-corrected chi connectivity index (χ0v) is 11.7. The number of carbonyl (C=O) groups excluding carboxylic acids is 1. The summed E-state index contributed by atoms with van der Waals surface area (Å²) in [6.07, 6.45) is 0.560. The number of benzene rings is 1. The van der Waals surface area contributed by atoms with Gasteiger partial charge in [-0.25, -0.2) is 4.39 Å². The number of primary amides is 1. The summed E-state index contributed by atoms with van der Waals surface area (Å²) in [5.41, 5.74) is 5.62. The Morgan fingerprint density at radius 3 is 2.65 bits per heavy atom. The maximum atomic E-state index is 13.8. The Kier molecular flexibility index (Phi) is 3.58. The van der Waals surface area contributed by atoms with Crippen LogP contribution in [0.2, 0.25) is 0 Å². The monoisotopic (exact) mass is 284 g/mol. The Labute approximate surface area is 116 Å². The zero-order valence-electron chi connectivity index (χ0n) is 11.7. The quantitative estimate of drug-likeness (QED) is 0.924. The third-order valence-corrected chi connectivity index (χ3v) is 3.59. The third-order valence-electron chi connectivity index (χ3n) is 3.59. The van der Waals surface area contributed by atoms with E-state index in [-0.39, 0.29) is 11.2 Å². The largest absolute Gasteiger partial charge is 0.491 e. The Hall–Kier alpha value is -1.85. The van der Waals surface area contributed by atoms with Gasteiger partial charge in [0, 0.05) is 6.54 Å². The highest BCUT2D eigenvalue weighted by Gasteiger charge is 2.41. The number of hydrogen-bond acceptors (Lipinski definition) is 3. The maximum absolute atomic E-state index is 13.8. The van der Waals surface area contributed by atoms with Gasteiger partial charge >= 0.3 is 0 Å². The number of nitrogens with zero attached hydrogens (tertiary/aromatic N) is 1. The van der Waals surface area contributed by atoms with Gasteiger partial charge in [-0.15, -0.1) is 0 Å². The van der Waals surface area contributed by atoms with Crippen molar-refractivity contribution < 1.29 is 18.3 Å². The van der Waals surface area contributed by atoms with E-state index < -0.39 is 23.6 Å². The molecule has 0 radical (unpaired) electrons. The van der Waals surface area contributed by atoms with Gasteiger partial charge in [0.2, 0.25) is 11.7 Å². The van der Waals surface area contributed by atoms with E-state index in [4.69, 9.17) is 10.5 Å². The average Bonchev–Trinajstić information content (AvgIpc) is 2.68. The molecule has 1 fully saturated rings. The summed E-state index contributed by atoms with van der Waals surface area (Å²) in [6.45, 7) is 4.51. The van der Waals surface area contributed by atoms with Crippen LogP contribution in [0.5, 0.6) is 5.75 Å². The van der Waals surface area contributed by atoms with Crippen molar-refractivity contribution in [2.45, 2.75) is 26.3 Å². The van der Waals surface area contributed by atoms with Crippen molar-refractivity contribution in [2.24, 2.45) is 11.1 Å². The van der Waals surface area contributed by atoms with Crippen LogP contribution in [0.4, 0.5) is 14.5 Å². The van der Waals surface area contributed by atoms with Crippen molar-refractivity contribution in [1.82, 2.24) is 0 Å². The van der Waals surface area contributed by atoms with E-state index in [1.807, 2.05) is 13.8 Å². The minimum absolute atomic E-state index is 0.143. The van der Waals surface area contributed by atoms with E-state index in [9.17, 15) is 13.6 Å². The number of rotatable bonds is 3. The van der Waals surface area contributed by atoms with Gasteiger partial charge in [0.05, 0.1) is 12.8 Å². The smallest absolute Gasteiger partial charge is 0.240 e. The van der Waals surface area contributed by atoms with Gasteiger partial charge < -0.3 is 15.4 Å². The van der Waals surface area contributed by atoms with Crippen LogP contribution in [0, 0.1) is 17.0 Å². The second-order valence-electron chi connectivity index (χ2n) is 5.83. The molecular formula is C14H18F2N2O2. The first kappa shape index (κ1) is 14.6. The van der Waals surface area contributed by atoms with Crippen molar-refractivity contribution in [1.29, 1.82) is 0 Å². The van der Waals surface area contributed by atoms with Crippen molar-refractivity contribution >= 4 is 11.6 Å². The van der Waals surface area contributed by atoms with Gasteiger partial charge in [0.25, 0.3) is 0 Å². The molecular weight excluding hydrogens is 266 g/mol. The Balaban J connectivity index is 2.50. The molecule has 1 aromatic carbocycles. The average molecular weight is 284 g/mol. The van der Waals surface area contributed by atoms with Gasteiger partial charge in [-0.3, -0.25) is 4.79 Å². The van der Waals surface area contributed by atoms with Gasteiger partial charge in [0.15, 0.2) is 11.6 Å². The van der Waals surface area contributed by atoms with Crippen LogP contribution in [0.15, 0.2) is 12.1 Å². The molecule has 2 rings (SSSR count). The zero-order chi connectivity index (χ0) is 15.1. The Morgan fingerprint density at radius 1 is 1.45 bits per heavy atom. The molecule has 1 amide bonds. The van der Waals surface area contributed by atoms with E-state index in [0.29, 0.717) is 18.7 Å². The fraction of sp³-hybridized carbons (Fsp3) is 0.500. The number of halogens is 2. The molecule has 0 bridgehead atoms. The van der Waals surface area contributed by atoms with E-state index in [1.165, 1.54) is 13.2 Å². The summed E-state index contributed by atoms with van der Waals surface area (Å²) in [6, 6.07) is 1.88. The van der Waals surface area contributed by atoms with E-state index >= 15 is 0 Å². The van der Waals surface area contributed by atoms with Crippen LogP contribution in [0.3, 0.4) is 0 Å². The summed E-state index contributed by atoms with van der Waals surface area (Å²) in [4.78, 5) is 13.3. The predicted molar refractivity (Wildman–Crippen MR) is 71.6 cm³/mol. The molecule has 0 saturated carbocycles. The van der Waals surface area contributed by atoms with Crippen LogP contribution in [-0.2, 0) is 4.79 Å². The third kappa shape index (κ3) is 2.42. The molecule has 1 atom stereocenters. The van der Waals surface area contributed by atoms with Crippen LogP contribution in [0.1, 0.15) is 20.3 Å². The summed E-state index contributed by atoms with van der Waals surface area (Å²) in [7, 11) is 1.27. The summed E-state index contributed by atoms with van der Waals surface area (Å²) >= 11 is 0. The SMILES string of the molecule is COc1c(N2CC(C)(C)CC2C(N)=O)ccc(F)c1F. The molecule has 0 aromatic heterocycles. The first-order valence-electron chi connectivity index (χ1n) is 6.35. The highest BCUT2D eigenvalue weighted by Crippen LogP contribution is 2.42. The minimum atomic E-state index is -1.06. The van der Waals surface area contributed by atoms with Crippen LogP contribution in [0.25, 0.3) is 0 Å².